The van der Waals surface area contributed by atoms with Gasteiger partial charge < -0.3 is 19.9 Å². The number of piperidine rings is 1. The number of aromatic nitrogens is 3. The highest BCUT2D eigenvalue weighted by molar-refractivity contribution is 6.27. The SMILES string of the molecule is CCN(C(=O)CCl)C1(C(=O)NC(C)c2ccc(-n3cc(F)cn3)nc2)CCN(C(=O)OC(C)(C)C)CC1. The summed E-state index contributed by atoms with van der Waals surface area (Å²) in [6, 6.07) is 3.01. The molecule has 3 heterocycles. The van der Waals surface area contributed by atoms with Crippen molar-refractivity contribution in [2.45, 2.75) is 64.6 Å². The zero-order valence-electron chi connectivity index (χ0n) is 21.8. The van der Waals surface area contributed by atoms with Crippen LogP contribution in [0.4, 0.5) is 9.18 Å². The number of alkyl halides is 1. The maximum Gasteiger partial charge on any atom is 0.410 e. The smallest absolute Gasteiger partial charge is 0.410 e. The highest BCUT2D eigenvalue weighted by Crippen LogP contribution is 2.32. The van der Waals surface area contributed by atoms with Gasteiger partial charge in [0.1, 0.15) is 17.0 Å². The van der Waals surface area contributed by atoms with Crippen LogP contribution in [-0.2, 0) is 14.3 Å². The molecule has 10 nitrogen and oxygen atoms in total. The molecule has 1 N–H and O–H groups in total. The Morgan fingerprint density at radius 1 is 1.24 bits per heavy atom. The molecule has 1 atom stereocenters. The molecular weight excluding hydrogens is 503 g/mol. The fourth-order valence-electron chi connectivity index (χ4n) is 4.42. The topological polar surface area (TPSA) is 110 Å². The lowest BCUT2D eigenvalue weighted by atomic mass is 9.84. The van der Waals surface area contributed by atoms with Crippen molar-refractivity contribution in [1.82, 2.24) is 29.9 Å². The number of likely N-dealkylation sites (tertiary alicyclic amines) is 1. The summed E-state index contributed by atoms with van der Waals surface area (Å²) in [6.45, 7) is 9.77. The quantitative estimate of drug-likeness (QED) is 0.543. The summed E-state index contributed by atoms with van der Waals surface area (Å²) in [5.74, 6) is -0.978. The Bertz CT molecular complexity index is 1110. The molecule has 0 bridgehead atoms. The Morgan fingerprint density at radius 3 is 2.41 bits per heavy atom. The van der Waals surface area contributed by atoms with Gasteiger partial charge in [0, 0.05) is 25.8 Å². The molecule has 1 unspecified atom stereocenters. The van der Waals surface area contributed by atoms with E-state index >= 15 is 0 Å². The van der Waals surface area contributed by atoms with Gasteiger partial charge in [0.2, 0.25) is 11.8 Å². The molecule has 1 aliphatic heterocycles. The van der Waals surface area contributed by atoms with Crippen molar-refractivity contribution in [2.24, 2.45) is 0 Å². The number of pyridine rings is 1. The molecule has 37 heavy (non-hydrogen) atoms. The molecule has 202 valence electrons. The second kappa shape index (κ2) is 11.5. The lowest BCUT2D eigenvalue weighted by Gasteiger charge is -2.47. The van der Waals surface area contributed by atoms with Crippen LogP contribution in [0.3, 0.4) is 0 Å². The number of nitrogens with zero attached hydrogens (tertiary/aromatic N) is 5. The maximum absolute atomic E-state index is 13.8. The van der Waals surface area contributed by atoms with Gasteiger partial charge in [-0.3, -0.25) is 9.59 Å². The molecule has 1 fully saturated rings. The minimum atomic E-state index is -1.17. The molecule has 0 aliphatic carbocycles. The van der Waals surface area contributed by atoms with E-state index in [2.05, 4.69) is 15.4 Å². The van der Waals surface area contributed by atoms with Crippen molar-refractivity contribution in [2.75, 3.05) is 25.5 Å². The monoisotopic (exact) mass is 536 g/mol. The minimum Gasteiger partial charge on any atom is -0.444 e. The molecule has 0 radical (unpaired) electrons. The van der Waals surface area contributed by atoms with Crippen LogP contribution in [-0.4, -0.2) is 79.1 Å². The van der Waals surface area contributed by atoms with Crippen LogP contribution in [0, 0.1) is 5.82 Å². The zero-order chi connectivity index (χ0) is 27.4. The number of nitrogens with one attached hydrogen (secondary N) is 1. The number of ether oxygens (including phenoxy) is 1. The second-order valence-electron chi connectivity index (χ2n) is 10.0. The van der Waals surface area contributed by atoms with Crippen molar-refractivity contribution >= 4 is 29.5 Å². The van der Waals surface area contributed by atoms with Gasteiger partial charge in [0.05, 0.1) is 18.4 Å². The van der Waals surface area contributed by atoms with Crippen LogP contribution >= 0.6 is 11.6 Å². The summed E-state index contributed by atoms with van der Waals surface area (Å²) >= 11 is 5.89. The second-order valence-corrected chi connectivity index (χ2v) is 10.3. The molecular formula is C25H34ClFN6O4. The third-order valence-electron chi connectivity index (χ3n) is 6.32. The molecule has 3 rings (SSSR count). The van der Waals surface area contributed by atoms with Crippen LogP contribution in [0.2, 0.25) is 0 Å². The van der Waals surface area contributed by atoms with E-state index in [-0.39, 0.29) is 50.2 Å². The van der Waals surface area contributed by atoms with E-state index in [1.807, 2.05) is 6.92 Å². The van der Waals surface area contributed by atoms with Gasteiger partial charge in [-0.2, -0.15) is 5.10 Å². The van der Waals surface area contributed by atoms with Crippen LogP contribution in [0.1, 0.15) is 59.1 Å². The standard InChI is InChI=1S/C25H34ClFN6O4/c1-6-32(21(34)13-26)25(9-11-31(12-10-25)23(36)37-24(3,4)5)22(35)30-17(2)18-7-8-20(28-14-18)33-16-19(27)15-29-33/h7-8,14-17H,6,9-13H2,1-5H3,(H,30,35). The molecule has 2 aromatic rings. The summed E-state index contributed by atoms with van der Waals surface area (Å²) in [7, 11) is 0. The van der Waals surface area contributed by atoms with E-state index < -0.39 is 29.1 Å². The van der Waals surface area contributed by atoms with Crippen molar-refractivity contribution in [1.29, 1.82) is 0 Å². The van der Waals surface area contributed by atoms with Crippen LogP contribution in [0.25, 0.3) is 5.82 Å². The van der Waals surface area contributed by atoms with Crippen molar-refractivity contribution in [3.63, 3.8) is 0 Å². The molecule has 12 heteroatoms. The first kappa shape index (κ1) is 28.4. The molecule has 2 aromatic heterocycles. The Hall–Kier alpha value is -3.21. The van der Waals surface area contributed by atoms with Gasteiger partial charge in [-0.1, -0.05) is 6.07 Å². The zero-order valence-corrected chi connectivity index (χ0v) is 22.6. The predicted molar refractivity (Wildman–Crippen MR) is 136 cm³/mol. The third-order valence-corrected chi connectivity index (χ3v) is 6.55. The average Bonchev–Trinajstić information content (AvgIpc) is 3.29. The van der Waals surface area contributed by atoms with Crippen LogP contribution in [0.5, 0.6) is 0 Å². The fourth-order valence-corrected chi connectivity index (χ4v) is 4.57. The highest BCUT2D eigenvalue weighted by atomic mass is 35.5. The number of hydrogen-bond acceptors (Lipinski definition) is 6. The Labute approximate surface area is 221 Å². The van der Waals surface area contributed by atoms with E-state index in [0.717, 1.165) is 11.8 Å². The number of amides is 3. The summed E-state index contributed by atoms with van der Waals surface area (Å²) in [6.07, 6.45) is 3.91. The van der Waals surface area contributed by atoms with Gasteiger partial charge in [-0.15, -0.1) is 11.6 Å². The minimum absolute atomic E-state index is 0.239. The average molecular weight is 537 g/mol. The number of carbonyl (C=O) groups is 3. The summed E-state index contributed by atoms with van der Waals surface area (Å²) < 4.78 is 20.1. The molecule has 3 amide bonds. The van der Waals surface area contributed by atoms with E-state index in [1.54, 1.807) is 50.9 Å². The molecule has 0 aromatic carbocycles. The Balaban J connectivity index is 1.78. The van der Waals surface area contributed by atoms with Gasteiger partial charge in [-0.05, 0) is 59.1 Å². The van der Waals surface area contributed by atoms with Crippen LogP contribution in [0.15, 0.2) is 30.7 Å². The van der Waals surface area contributed by atoms with Gasteiger partial charge in [0.25, 0.3) is 0 Å². The fraction of sp³-hybridized carbons (Fsp3) is 0.560. The van der Waals surface area contributed by atoms with Crippen molar-refractivity contribution in [3.05, 3.63) is 42.1 Å². The molecule has 0 saturated carbocycles. The van der Waals surface area contributed by atoms with E-state index in [0.29, 0.717) is 5.82 Å². The van der Waals surface area contributed by atoms with E-state index in [9.17, 15) is 18.8 Å². The third kappa shape index (κ3) is 6.57. The summed E-state index contributed by atoms with van der Waals surface area (Å²) in [4.78, 5) is 46.5. The van der Waals surface area contributed by atoms with Gasteiger partial charge in [-0.25, -0.2) is 18.9 Å². The molecule has 1 aliphatic rings. The first-order chi connectivity index (χ1) is 17.4. The Morgan fingerprint density at radius 2 is 1.92 bits per heavy atom. The number of hydrogen-bond donors (Lipinski definition) is 1. The number of rotatable bonds is 7. The lowest BCUT2D eigenvalue weighted by molar-refractivity contribution is -0.150. The maximum atomic E-state index is 13.8. The van der Waals surface area contributed by atoms with Crippen LogP contribution < -0.4 is 5.32 Å². The summed E-state index contributed by atoms with van der Waals surface area (Å²) in [5.41, 5.74) is -1.09. The molecule has 1 saturated heterocycles. The number of halogens is 2. The normalized spacial score (nSPS) is 16.1. The number of likely N-dealkylation sites (N-methyl/N-ethyl adjacent to an activating group) is 1. The first-order valence-electron chi connectivity index (χ1n) is 12.2. The summed E-state index contributed by atoms with van der Waals surface area (Å²) in [5, 5.41) is 6.91. The van der Waals surface area contributed by atoms with E-state index in [1.165, 1.54) is 15.8 Å². The largest absolute Gasteiger partial charge is 0.444 e. The van der Waals surface area contributed by atoms with Crippen molar-refractivity contribution < 1.29 is 23.5 Å². The van der Waals surface area contributed by atoms with Crippen molar-refractivity contribution in [3.8, 4) is 5.82 Å². The highest BCUT2D eigenvalue weighted by Gasteiger charge is 2.48. The number of carbonyl (C=O) groups excluding carboxylic acids is 3. The Kier molecular flexibility index (Phi) is 8.78. The lowest BCUT2D eigenvalue weighted by Crippen LogP contribution is -2.65. The molecule has 0 spiro atoms. The first-order valence-corrected chi connectivity index (χ1v) is 12.8. The van der Waals surface area contributed by atoms with Gasteiger partial charge in [0.15, 0.2) is 11.6 Å². The van der Waals surface area contributed by atoms with E-state index in [4.69, 9.17) is 16.3 Å². The van der Waals surface area contributed by atoms with Gasteiger partial charge >= 0.3 is 6.09 Å². The predicted octanol–water partition coefficient (Wildman–Crippen LogP) is 3.44.